The molecule has 1 fully saturated rings. The lowest BCUT2D eigenvalue weighted by atomic mass is 10.2. The number of rotatable bonds is 5. The van der Waals surface area contributed by atoms with E-state index in [-0.39, 0.29) is 11.6 Å². The third-order valence-corrected chi connectivity index (χ3v) is 5.69. The van der Waals surface area contributed by atoms with Crippen LogP contribution < -0.4 is 0 Å². The minimum absolute atomic E-state index is 0.196. The molecular weight excluding hydrogens is 285 g/mol. The third kappa shape index (κ3) is 2.69. The maximum atomic E-state index is 13.9. The summed E-state index contributed by atoms with van der Waals surface area (Å²) in [6, 6.07) is 2.63. The molecule has 1 aromatic carbocycles. The van der Waals surface area contributed by atoms with E-state index in [0.29, 0.717) is 5.92 Å². The monoisotopic (exact) mass is 301 g/mol. The number of aromatic carboxylic acids is 1. The summed E-state index contributed by atoms with van der Waals surface area (Å²) in [7, 11) is -2.53. The number of carboxylic acids is 1. The van der Waals surface area contributed by atoms with Gasteiger partial charge in [-0.05, 0) is 43.9 Å². The highest BCUT2D eigenvalue weighted by atomic mass is 32.2. The molecule has 1 atom stereocenters. The van der Waals surface area contributed by atoms with Crippen molar-refractivity contribution in [2.45, 2.75) is 30.7 Å². The number of hydrogen-bond acceptors (Lipinski definition) is 3. The quantitative estimate of drug-likeness (QED) is 0.902. The number of nitrogens with zero attached hydrogens (tertiary/aromatic N) is 1. The normalized spacial score (nSPS) is 17.2. The second kappa shape index (κ2) is 5.14. The zero-order valence-corrected chi connectivity index (χ0v) is 12.0. The Morgan fingerprint density at radius 1 is 1.45 bits per heavy atom. The number of carbonyl (C=O) groups is 1. The number of carboxylic acid groups (broad SMARTS) is 1. The Bertz CT molecular complexity index is 640. The van der Waals surface area contributed by atoms with Crippen molar-refractivity contribution in [1.82, 2.24) is 4.31 Å². The van der Waals surface area contributed by atoms with Gasteiger partial charge in [-0.15, -0.1) is 0 Å². The Morgan fingerprint density at radius 3 is 2.50 bits per heavy atom. The molecule has 0 aromatic heterocycles. The lowest BCUT2D eigenvalue weighted by Gasteiger charge is -2.24. The van der Waals surface area contributed by atoms with Crippen LogP contribution in [0.3, 0.4) is 0 Å². The molecule has 0 aliphatic heterocycles. The molecule has 5 nitrogen and oxygen atoms in total. The van der Waals surface area contributed by atoms with E-state index in [0.717, 1.165) is 35.3 Å². The van der Waals surface area contributed by atoms with Crippen molar-refractivity contribution in [3.05, 3.63) is 29.6 Å². The minimum Gasteiger partial charge on any atom is -0.478 e. The van der Waals surface area contributed by atoms with Crippen LogP contribution in [0, 0.1) is 11.7 Å². The van der Waals surface area contributed by atoms with Gasteiger partial charge in [0.05, 0.1) is 5.56 Å². The first-order valence-electron chi connectivity index (χ1n) is 6.26. The summed E-state index contributed by atoms with van der Waals surface area (Å²) in [5.41, 5.74) is -0.278. The lowest BCUT2D eigenvalue weighted by Crippen LogP contribution is -2.36. The van der Waals surface area contributed by atoms with Crippen LogP contribution in [0.5, 0.6) is 0 Å². The van der Waals surface area contributed by atoms with E-state index in [2.05, 4.69) is 0 Å². The molecule has 1 aromatic rings. The Hall–Kier alpha value is -1.47. The fraction of sp³-hybridized carbons (Fsp3) is 0.462. The predicted octanol–water partition coefficient (Wildman–Crippen LogP) is 1.94. The number of halogens is 1. The summed E-state index contributed by atoms with van der Waals surface area (Å²) in [5.74, 6) is -2.02. The molecule has 2 rings (SSSR count). The van der Waals surface area contributed by atoms with E-state index in [1.165, 1.54) is 7.05 Å². The molecular formula is C13H16FNO4S. The van der Waals surface area contributed by atoms with Gasteiger partial charge in [0.1, 0.15) is 10.7 Å². The zero-order chi connectivity index (χ0) is 15.1. The SMILES string of the molecule is C[C@@H](C1CC1)N(C)S(=O)(=O)c1ccc(C(=O)O)cc1F. The average Bonchev–Trinajstić information content (AvgIpc) is 3.20. The molecule has 1 saturated carbocycles. The van der Waals surface area contributed by atoms with Gasteiger partial charge in [-0.1, -0.05) is 0 Å². The first kappa shape index (κ1) is 14.9. The highest BCUT2D eigenvalue weighted by molar-refractivity contribution is 7.89. The molecule has 1 aliphatic carbocycles. The van der Waals surface area contributed by atoms with E-state index in [1.807, 2.05) is 0 Å². The molecule has 1 N–H and O–H groups in total. The molecule has 0 unspecified atom stereocenters. The van der Waals surface area contributed by atoms with Crippen LogP contribution in [0.4, 0.5) is 4.39 Å². The Morgan fingerprint density at radius 2 is 2.05 bits per heavy atom. The summed E-state index contributed by atoms with van der Waals surface area (Å²) < 4.78 is 39.7. The number of hydrogen-bond donors (Lipinski definition) is 1. The van der Waals surface area contributed by atoms with E-state index >= 15 is 0 Å². The van der Waals surface area contributed by atoms with Crippen molar-refractivity contribution >= 4 is 16.0 Å². The van der Waals surface area contributed by atoms with E-state index < -0.39 is 26.7 Å². The summed E-state index contributed by atoms with van der Waals surface area (Å²) >= 11 is 0. The van der Waals surface area contributed by atoms with Gasteiger partial charge in [-0.2, -0.15) is 4.31 Å². The van der Waals surface area contributed by atoms with Crippen LogP contribution in [0.1, 0.15) is 30.1 Å². The van der Waals surface area contributed by atoms with Crippen molar-refractivity contribution in [3.8, 4) is 0 Å². The molecule has 0 spiro atoms. The van der Waals surface area contributed by atoms with Gasteiger partial charge in [0.15, 0.2) is 0 Å². The van der Waals surface area contributed by atoms with Gasteiger partial charge in [0.25, 0.3) is 0 Å². The summed E-state index contributed by atoms with van der Waals surface area (Å²) in [6.07, 6.45) is 1.95. The highest BCUT2D eigenvalue weighted by Crippen LogP contribution is 2.36. The fourth-order valence-electron chi connectivity index (χ4n) is 2.09. The van der Waals surface area contributed by atoms with Crippen LogP contribution in [0.25, 0.3) is 0 Å². The summed E-state index contributed by atoms with van der Waals surface area (Å²) in [4.78, 5) is 10.2. The van der Waals surface area contributed by atoms with Gasteiger partial charge < -0.3 is 5.11 Å². The number of benzene rings is 1. The van der Waals surface area contributed by atoms with Gasteiger partial charge >= 0.3 is 5.97 Å². The molecule has 0 saturated heterocycles. The van der Waals surface area contributed by atoms with Gasteiger partial charge in [-0.25, -0.2) is 17.6 Å². The van der Waals surface area contributed by atoms with Gasteiger partial charge in [0, 0.05) is 13.1 Å². The van der Waals surface area contributed by atoms with Crippen LogP contribution in [0.2, 0.25) is 0 Å². The van der Waals surface area contributed by atoms with E-state index in [1.54, 1.807) is 6.92 Å². The predicted molar refractivity (Wildman–Crippen MR) is 70.5 cm³/mol. The number of sulfonamides is 1. The van der Waals surface area contributed by atoms with E-state index in [9.17, 15) is 17.6 Å². The maximum Gasteiger partial charge on any atom is 0.335 e. The second-order valence-electron chi connectivity index (χ2n) is 5.05. The van der Waals surface area contributed by atoms with Gasteiger partial charge in [0.2, 0.25) is 10.0 Å². The average molecular weight is 301 g/mol. The Labute approximate surface area is 117 Å². The van der Waals surface area contributed by atoms with Crippen molar-refractivity contribution in [2.75, 3.05) is 7.05 Å². The maximum absolute atomic E-state index is 13.9. The molecule has 110 valence electrons. The third-order valence-electron chi connectivity index (χ3n) is 3.71. The van der Waals surface area contributed by atoms with Gasteiger partial charge in [-0.3, -0.25) is 0 Å². The fourth-order valence-corrected chi connectivity index (χ4v) is 3.56. The van der Waals surface area contributed by atoms with Crippen LogP contribution in [-0.4, -0.2) is 36.9 Å². The molecule has 0 bridgehead atoms. The van der Waals surface area contributed by atoms with E-state index in [4.69, 9.17) is 5.11 Å². The molecule has 0 radical (unpaired) electrons. The molecule has 20 heavy (non-hydrogen) atoms. The van der Waals surface area contributed by atoms with Crippen LogP contribution >= 0.6 is 0 Å². The zero-order valence-electron chi connectivity index (χ0n) is 11.2. The summed E-state index contributed by atoms with van der Waals surface area (Å²) in [5, 5.41) is 8.75. The molecule has 0 amide bonds. The minimum atomic E-state index is -3.95. The standard InChI is InChI=1S/C13H16FNO4S/c1-8(9-3-4-9)15(2)20(18,19)12-6-5-10(13(16)17)7-11(12)14/h5-9H,3-4H2,1-2H3,(H,16,17)/t8-/m0/s1. The topological polar surface area (TPSA) is 74.7 Å². The summed E-state index contributed by atoms with van der Waals surface area (Å²) in [6.45, 7) is 1.79. The largest absolute Gasteiger partial charge is 0.478 e. The molecule has 7 heteroatoms. The van der Waals surface area contributed by atoms with Crippen LogP contribution in [0.15, 0.2) is 23.1 Å². The van der Waals surface area contributed by atoms with Crippen molar-refractivity contribution in [1.29, 1.82) is 0 Å². The first-order chi connectivity index (χ1) is 9.25. The molecule has 1 aliphatic rings. The van der Waals surface area contributed by atoms with Crippen molar-refractivity contribution < 1.29 is 22.7 Å². The van der Waals surface area contributed by atoms with Crippen molar-refractivity contribution in [2.24, 2.45) is 5.92 Å². The smallest absolute Gasteiger partial charge is 0.335 e. The highest BCUT2D eigenvalue weighted by Gasteiger charge is 2.37. The first-order valence-corrected chi connectivity index (χ1v) is 7.70. The van der Waals surface area contributed by atoms with Crippen LogP contribution in [-0.2, 0) is 10.0 Å². The van der Waals surface area contributed by atoms with Crippen molar-refractivity contribution in [3.63, 3.8) is 0 Å². The second-order valence-corrected chi connectivity index (χ2v) is 7.02. The molecule has 0 heterocycles. The lowest BCUT2D eigenvalue weighted by molar-refractivity contribution is 0.0696. The Balaban J connectivity index is 2.36. The Kier molecular flexibility index (Phi) is 3.84.